The predicted octanol–water partition coefficient (Wildman–Crippen LogP) is -1.90. The van der Waals surface area contributed by atoms with Gasteiger partial charge in [0.15, 0.2) is 0 Å². The number of amides is 8. The zero-order valence-electron chi connectivity index (χ0n) is 43.4. The standard InChI is InChI=1S/C51H82N8O15/c1-6-27(2)19-28(3)13-11-9-7-8-10-12-14-40(67)54-35-21-33(62)24-53-49(72)44-45(68)29(4)25-59(44)51(74)43(38(65)23-39(52)66)57-48(71)42(37(64)20-31-15-17-32(61)18-16-31)56-47(70)36-22-34(63)26-58(36)50(73)41(30(5)60)55-46(35)69/h15-18,27-30,33-38,41-45,60-65,68H,6-14,19-26H2,1-5H3,(H2,52,66)(H,53,72)(H,54,67)(H,55,69)(H,56,70)(H,57,71). The highest BCUT2D eigenvalue weighted by atomic mass is 16.3. The van der Waals surface area contributed by atoms with E-state index >= 15 is 0 Å². The van der Waals surface area contributed by atoms with Crippen molar-refractivity contribution in [1.29, 1.82) is 0 Å². The van der Waals surface area contributed by atoms with Gasteiger partial charge in [0.25, 0.3) is 0 Å². The average molecular weight is 1050 g/mol. The maximum absolute atomic E-state index is 14.5. The molecule has 15 unspecified atom stereocenters. The van der Waals surface area contributed by atoms with Crippen molar-refractivity contribution in [1.82, 2.24) is 36.4 Å². The van der Waals surface area contributed by atoms with E-state index in [0.717, 1.165) is 54.7 Å². The smallest absolute Gasteiger partial charge is 0.248 e. The number of primary amides is 1. The van der Waals surface area contributed by atoms with Crippen molar-refractivity contribution in [3.63, 3.8) is 0 Å². The molecule has 3 fully saturated rings. The molecule has 1 aromatic rings. The van der Waals surface area contributed by atoms with Crippen LogP contribution in [0, 0.1) is 17.8 Å². The Hall–Kier alpha value is -5.46. The van der Waals surface area contributed by atoms with Gasteiger partial charge in [0, 0.05) is 51.2 Å². The first-order valence-corrected chi connectivity index (χ1v) is 26.2. The van der Waals surface area contributed by atoms with Gasteiger partial charge < -0.3 is 77.9 Å². The lowest BCUT2D eigenvalue weighted by Crippen LogP contribution is -2.64. The van der Waals surface area contributed by atoms with Gasteiger partial charge in [0.2, 0.25) is 47.3 Å². The molecule has 3 aliphatic rings. The fourth-order valence-corrected chi connectivity index (χ4v) is 9.96. The number of carbonyl (C=O) groups is 8. The van der Waals surface area contributed by atoms with Crippen LogP contribution in [0.2, 0.25) is 0 Å². The first kappa shape index (κ1) is 61.1. The maximum atomic E-state index is 14.5. The van der Waals surface area contributed by atoms with Gasteiger partial charge in [0.05, 0.1) is 43.0 Å². The quantitative estimate of drug-likeness (QED) is 0.0635. The number of fused-ring (bicyclic) bond motifs is 2. The van der Waals surface area contributed by atoms with Crippen LogP contribution in [0.3, 0.4) is 0 Å². The molecule has 23 heteroatoms. The van der Waals surface area contributed by atoms with Crippen LogP contribution in [0.4, 0.5) is 0 Å². The van der Waals surface area contributed by atoms with Gasteiger partial charge in [-0.05, 0) is 49.3 Å². The molecular weight excluding hydrogens is 965 g/mol. The molecule has 8 amide bonds. The Morgan fingerprint density at radius 2 is 1.34 bits per heavy atom. The summed E-state index contributed by atoms with van der Waals surface area (Å²) in [7, 11) is 0. The Morgan fingerprint density at radius 1 is 0.730 bits per heavy atom. The van der Waals surface area contributed by atoms with Crippen LogP contribution < -0.4 is 32.3 Å². The number of nitrogens with two attached hydrogens (primary N) is 1. The molecule has 3 aliphatic heterocycles. The summed E-state index contributed by atoms with van der Waals surface area (Å²) in [6.45, 7) is 7.97. The molecule has 0 spiro atoms. The van der Waals surface area contributed by atoms with E-state index in [1.807, 2.05) is 0 Å². The highest BCUT2D eigenvalue weighted by Gasteiger charge is 2.50. The summed E-state index contributed by atoms with van der Waals surface area (Å²) in [5.74, 6) is -8.02. The normalized spacial score (nSPS) is 28.8. The van der Waals surface area contributed by atoms with Crippen LogP contribution in [0.5, 0.6) is 5.75 Å². The minimum Gasteiger partial charge on any atom is -0.508 e. The SMILES string of the molecule is CCC(C)CC(C)CCCCCCCCC(=O)NC1CC(O)CNC(=O)C2C(O)C(C)CN2C(=O)C(C(O)CC(N)=O)NC(=O)C(C(O)Cc2ccc(O)cc2)NC(=O)C2CC(O)CN2C(=O)C(C(C)O)NC1=O. The summed E-state index contributed by atoms with van der Waals surface area (Å²) in [6, 6.07) is -5.46. The van der Waals surface area contributed by atoms with Crippen molar-refractivity contribution in [2.45, 2.75) is 197 Å². The molecular formula is C51H82N8O15. The van der Waals surface area contributed by atoms with Crippen LogP contribution >= 0.6 is 0 Å². The molecule has 1 aromatic carbocycles. The number of aromatic hydroxyl groups is 1. The highest BCUT2D eigenvalue weighted by Crippen LogP contribution is 2.27. The number of hydrogen-bond donors (Lipinski definition) is 13. The van der Waals surface area contributed by atoms with Crippen molar-refractivity contribution in [2.75, 3.05) is 19.6 Å². The number of nitrogens with one attached hydrogen (secondary N) is 5. The number of nitrogens with zero attached hydrogens (tertiary/aromatic N) is 2. The average Bonchev–Trinajstić information content (AvgIpc) is 3.88. The Balaban J connectivity index is 1.66. The largest absolute Gasteiger partial charge is 0.508 e. The topological polar surface area (TPSA) is 371 Å². The number of β-amino-alcohol motifs (C(OH)–C–C–N with tert-alkyl or cyclic N) is 1. The van der Waals surface area contributed by atoms with Crippen LogP contribution in [0.25, 0.3) is 0 Å². The van der Waals surface area contributed by atoms with E-state index < -0.39 is 158 Å². The molecule has 74 heavy (non-hydrogen) atoms. The van der Waals surface area contributed by atoms with Gasteiger partial charge in [-0.15, -0.1) is 0 Å². The number of aliphatic hydroxyl groups excluding tert-OH is 6. The summed E-state index contributed by atoms with van der Waals surface area (Å²) >= 11 is 0. The summed E-state index contributed by atoms with van der Waals surface area (Å²) in [6.07, 6.45) is -3.60. The Morgan fingerprint density at radius 3 is 1.97 bits per heavy atom. The third-order valence-electron chi connectivity index (χ3n) is 14.4. The van der Waals surface area contributed by atoms with Crippen molar-refractivity contribution < 1.29 is 74.1 Å². The van der Waals surface area contributed by atoms with E-state index in [4.69, 9.17) is 5.73 Å². The van der Waals surface area contributed by atoms with Gasteiger partial charge in [-0.3, -0.25) is 38.4 Å². The Kier molecular flexibility index (Phi) is 23.9. The van der Waals surface area contributed by atoms with E-state index in [9.17, 15) is 74.1 Å². The van der Waals surface area contributed by atoms with Gasteiger partial charge in [0.1, 0.15) is 42.0 Å². The van der Waals surface area contributed by atoms with E-state index in [0.29, 0.717) is 23.8 Å². The summed E-state index contributed by atoms with van der Waals surface area (Å²) in [5, 5.41) is 89.2. The molecule has 0 aliphatic carbocycles. The van der Waals surface area contributed by atoms with Crippen molar-refractivity contribution in [3.8, 4) is 5.75 Å². The van der Waals surface area contributed by atoms with E-state index in [1.54, 1.807) is 0 Å². The van der Waals surface area contributed by atoms with E-state index in [-0.39, 0.29) is 25.1 Å². The number of rotatable bonds is 20. The van der Waals surface area contributed by atoms with Gasteiger partial charge in [-0.25, -0.2) is 0 Å². The number of phenolic OH excluding ortho intramolecular Hbond substituents is 1. The lowest BCUT2D eigenvalue weighted by Gasteiger charge is -2.33. The fraction of sp³-hybridized carbons (Fsp3) is 0.725. The van der Waals surface area contributed by atoms with Crippen LogP contribution in [0.1, 0.15) is 124 Å². The third kappa shape index (κ3) is 17.9. The fourth-order valence-electron chi connectivity index (χ4n) is 9.96. The molecule has 14 N–H and O–H groups in total. The molecule has 0 aromatic heterocycles. The Bertz CT molecular complexity index is 2060. The summed E-state index contributed by atoms with van der Waals surface area (Å²) in [4.78, 5) is 113. The van der Waals surface area contributed by atoms with Crippen LogP contribution in [-0.4, -0.2) is 185 Å². The monoisotopic (exact) mass is 1050 g/mol. The van der Waals surface area contributed by atoms with Gasteiger partial charge in [-0.2, -0.15) is 0 Å². The molecule has 4 rings (SSSR count). The second-order valence-corrected chi connectivity index (χ2v) is 20.9. The lowest BCUT2D eigenvalue weighted by molar-refractivity contribution is -0.147. The first-order chi connectivity index (χ1) is 34.9. The second-order valence-electron chi connectivity index (χ2n) is 20.9. The summed E-state index contributed by atoms with van der Waals surface area (Å²) < 4.78 is 0. The lowest BCUT2D eigenvalue weighted by atomic mass is 9.91. The number of carbonyl (C=O) groups excluding carboxylic acids is 8. The van der Waals surface area contributed by atoms with Crippen LogP contribution in [0.15, 0.2) is 24.3 Å². The molecule has 23 nitrogen and oxygen atoms in total. The molecule has 416 valence electrons. The number of aliphatic hydroxyl groups is 6. The molecule has 0 saturated carbocycles. The minimum atomic E-state index is -2.11. The Labute approximate surface area is 432 Å². The van der Waals surface area contributed by atoms with Crippen molar-refractivity contribution in [2.24, 2.45) is 23.5 Å². The van der Waals surface area contributed by atoms with Gasteiger partial charge in [-0.1, -0.05) is 84.8 Å². The predicted molar refractivity (Wildman–Crippen MR) is 268 cm³/mol. The zero-order chi connectivity index (χ0) is 55.0. The van der Waals surface area contributed by atoms with Crippen LogP contribution in [-0.2, 0) is 44.8 Å². The highest BCUT2D eigenvalue weighted by molar-refractivity contribution is 5.98. The molecule has 3 heterocycles. The zero-order valence-corrected chi connectivity index (χ0v) is 43.4. The maximum Gasteiger partial charge on any atom is 0.248 e. The van der Waals surface area contributed by atoms with Gasteiger partial charge >= 0.3 is 0 Å². The van der Waals surface area contributed by atoms with E-state index in [1.165, 1.54) is 44.5 Å². The number of hydrogen-bond acceptors (Lipinski definition) is 15. The molecule has 0 radical (unpaired) electrons. The minimum absolute atomic E-state index is 0.00249. The second kappa shape index (κ2) is 29.0. The number of unbranched alkanes of at least 4 members (excludes halogenated alkanes) is 5. The molecule has 0 bridgehead atoms. The summed E-state index contributed by atoms with van der Waals surface area (Å²) in [5.41, 5.74) is 5.72. The molecule has 15 atom stereocenters. The number of phenols is 1. The molecule has 3 saturated heterocycles. The van der Waals surface area contributed by atoms with Crippen molar-refractivity contribution >= 4 is 47.3 Å². The first-order valence-electron chi connectivity index (χ1n) is 26.2. The van der Waals surface area contributed by atoms with Crippen molar-refractivity contribution in [3.05, 3.63) is 29.8 Å². The van der Waals surface area contributed by atoms with E-state index in [2.05, 4.69) is 47.4 Å². The number of benzene rings is 1. The third-order valence-corrected chi connectivity index (χ3v) is 14.4.